The molecule has 15 heteroatoms. The van der Waals surface area contributed by atoms with Crippen molar-refractivity contribution in [3.05, 3.63) is 63.0 Å². The number of nitrogens with one attached hydrogen (secondary N) is 3. The molecule has 3 aliphatic rings. The standard InChI is InChI=1S/C35H46ClF3N8O3/c1-40-31-26(35(37,38)39)20-23(21-27(31)36)22-29(32(48)45-14-8-24(9-15-45)44-13-5-12-43(2)18-19-44)42-33(49)46-16-10-25(11-17-46)47-30-7-4-3-6-28(30)41-34(47)50/h3-4,6-7,20-21,24-25,29,40H,5,8-19,22H2,1-2H3,(H,41,50)(H,42,49)/t29-/m1/s1. The average Bonchev–Trinajstić information content (AvgIpc) is 3.28. The first kappa shape index (κ1) is 36.1. The molecule has 0 saturated carbocycles. The molecular formula is C35H46ClF3N8O3. The number of hydrogen-bond acceptors (Lipinski definition) is 6. The van der Waals surface area contributed by atoms with Gasteiger partial charge in [0.2, 0.25) is 5.91 Å². The average molecular weight is 719 g/mol. The topological polar surface area (TPSA) is 109 Å². The van der Waals surface area contributed by atoms with Crippen molar-refractivity contribution in [2.45, 2.75) is 62.8 Å². The summed E-state index contributed by atoms with van der Waals surface area (Å²) in [4.78, 5) is 51.7. The van der Waals surface area contributed by atoms with E-state index in [1.165, 1.54) is 13.1 Å². The van der Waals surface area contributed by atoms with Gasteiger partial charge in [-0.1, -0.05) is 23.7 Å². The van der Waals surface area contributed by atoms with E-state index in [-0.39, 0.29) is 40.3 Å². The minimum atomic E-state index is -4.68. The van der Waals surface area contributed by atoms with Crippen molar-refractivity contribution in [3.8, 4) is 0 Å². The number of imidazole rings is 1. The van der Waals surface area contributed by atoms with Gasteiger partial charge in [0, 0.05) is 64.8 Å². The first-order valence-electron chi connectivity index (χ1n) is 17.5. The summed E-state index contributed by atoms with van der Waals surface area (Å²) in [6, 6.07) is 8.56. The maximum absolute atomic E-state index is 14.1. The van der Waals surface area contributed by atoms with Crippen molar-refractivity contribution in [2.24, 2.45) is 0 Å². The van der Waals surface area contributed by atoms with Crippen LogP contribution in [0.2, 0.25) is 5.02 Å². The van der Waals surface area contributed by atoms with Crippen LogP contribution in [-0.2, 0) is 17.4 Å². The number of carbonyl (C=O) groups is 2. The summed E-state index contributed by atoms with van der Waals surface area (Å²) >= 11 is 6.31. The lowest BCUT2D eigenvalue weighted by Gasteiger charge is -2.39. The zero-order chi connectivity index (χ0) is 35.6. The van der Waals surface area contributed by atoms with Gasteiger partial charge >= 0.3 is 17.9 Å². The van der Waals surface area contributed by atoms with E-state index in [1.54, 1.807) is 14.4 Å². The Morgan fingerprint density at radius 3 is 2.32 bits per heavy atom. The highest BCUT2D eigenvalue weighted by Gasteiger charge is 2.37. The number of alkyl halides is 3. The Bertz CT molecular complexity index is 1730. The molecule has 1 aromatic heterocycles. The number of nitrogens with zero attached hydrogens (tertiary/aromatic N) is 5. The molecule has 3 aliphatic heterocycles. The van der Waals surface area contributed by atoms with Crippen LogP contribution in [-0.4, -0.2) is 120 Å². The van der Waals surface area contributed by atoms with Gasteiger partial charge in [-0.25, -0.2) is 9.59 Å². The van der Waals surface area contributed by atoms with Crippen molar-refractivity contribution in [3.63, 3.8) is 0 Å². The Hall–Kier alpha value is -3.75. The highest BCUT2D eigenvalue weighted by Crippen LogP contribution is 2.39. The number of fused-ring (bicyclic) bond motifs is 1. The number of para-hydroxylation sites is 2. The summed E-state index contributed by atoms with van der Waals surface area (Å²) in [5, 5.41) is 5.30. The monoisotopic (exact) mass is 718 g/mol. The van der Waals surface area contributed by atoms with E-state index in [1.807, 2.05) is 24.3 Å². The lowest BCUT2D eigenvalue weighted by molar-refractivity contribution is -0.137. The number of anilines is 1. The number of halogens is 4. The molecule has 0 aliphatic carbocycles. The van der Waals surface area contributed by atoms with Crippen molar-refractivity contribution >= 4 is 40.3 Å². The zero-order valence-corrected chi connectivity index (χ0v) is 29.3. The Balaban J connectivity index is 1.17. The summed E-state index contributed by atoms with van der Waals surface area (Å²) in [7, 11) is 3.50. The van der Waals surface area contributed by atoms with E-state index in [0.29, 0.717) is 45.1 Å². The molecule has 50 heavy (non-hydrogen) atoms. The molecule has 4 heterocycles. The number of aromatic amines is 1. The van der Waals surface area contributed by atoms with Gasteiger partial charge < -0.3 is 30.3 Å². The van der Waals surface area contributed by atoms with Crippen LogP contribution >= 0.6 is 11.6 Å². The Labute approximate surface area is 294 Å². The van der Waals surface area contributed by atoms with Gasteiger partial charge in [-0.2, -0.15) is 13.2 Å². The number of amides is 3. The number of carbonyl (C=O) groups excluding carboxylic acids is 2. The van der Waals surface area contributed by atoms with Crippen LogP contribution in [0.5, 0.6) is 0 Å². The van der Waals surface area contributed by atoms with Gasteiger partial charge in [-0.3, -0.25) is 14.3 Å². The molecule has 0 unspecified atom stereocenters. The minimum absolute atomic E-state index is 0.111. The molecule has 272 valence electrons. The highest BCUT2D eigenvalue weighted by atomic mass is 35.5. The van der Waals surface area contributed by atoms with Gasteiger partial charge in [-0.15, -0.1) is 0 Å². The number of benzene rings is 2. The van der Waals surface area contributed by atoms with Gasteiger partial charge in [0.25, 0.3) is 0 Å². The molecule has 3 saturated heterocycles. The zero-order valence-electron chi connectivity index (χ0n) is 28.6. The molecule has 3 fully saturated rings. The first-order valence-corrected chi connectivity index (χ1v) is 17.8. The lowest BCUT2D eigenvalue weighted by atomic mass is 9.98. The Kier molecular flexibility index (Phi) is 11.0. The van der Waals surface area contributed by atoms with Crippen molar-refractivity contribution < 1.29 is 22.8 Å². The second-order valence-electron chi connectivity index (χ2n) is 13.7. The van der Waals surface area contributed by atoms with E-state index in [0.717, 1.165) is 62.5 Å². The summed E-state index contributed by atoms with van der Waals surface area (Å²) in [5.41, 5.74) is 0.374. The summed E-state index contributed by atoms with van der Waals surface area (Å²) in [6.45, 7) is 5.74. The number of likely N-dealkylation sites (N-methyl/N-ethyl adjacent to an activating group) is 1. The minimum Gasteiger partial charge on any atom is -0.386 e. The normalized spacial score (nSPS) is 19.8. The van der Waals surface area contributed by atoms with Crippen LogP contribution in [0.3, 0.4) is 0 Å². The number of likely N-dealkylation sites (tertiary alicyclic amines) is 2. The fourth-order valence-electron chi connectivity index (χ4n) is 7.80. The van der Waals surface area contributed by atoms with Gasteiger partial charge in [0.05, 0.1) is 27.3 Å². The molecule has 3 aromatic rings. The van der Waals surface area contributed by atoms with Crippen LogP contribution in [0.4, 0.5) is 23.7 Å². The quantitative estimate of drug-likeness (QED) is 0.329. The second-order valence-corrected chi connectivity index (χ2v) is 14.1. The van der Waals surface area contributed by atoms with E-state index in [9.17, 15) is 27.6 Å². The number of H-pyrrole nitrogens is 1. The van der Waals surface area contributed by atoms with Crippen LogP contribution in [0.15, 0.2) is 41.2 Å². The summed E-state index contributed by atoms with van der Waals surface area (Å²) in [5.74, 6) is -0.324. The number of urea groups is 1. The summed E-state index contributed by atoms with van der Waals surface area (Å²) < 4.78 is 43.8. The van der Waals surface area contributed by atoms with Gasteiger partial charge in [-0.05, 0) is 82.1 Å². The van der Waals surface area contributed by atoms with Gasteiger partial charge in [0.15, 0.2) is 0 Å². The first-order chi connectivity index (χ1) is 23.9. The molecule has 0 bridgehead atoms. The van der Waals surface area contributed by atoms with Gasteiger partial charge in [0.1, 0.15) is 6.04 Å². The molecular weight excluding hydrogens is 673 g/mol. The van der Waals surface area contributed by atoms with Crippen LogP contribution in [0, 0.1) is 0 Å². The smallest absolute Gasteiger partial charge is 0.386 e. The fraction of sp³-hybridized carbons (Fsp3) is 0.571. The Morgan fingerprint density at radius 1 is 0.940 bits per heavy atom. The van der Waals surface area contributed by atoms with Crippen LogP contribution in [0.1, 0.15) is 49.3 Å². The third kappa shape index (κ3) is 7.92. The van der Waals surface area contributed by atoms with E-state index < -0.39 is 23.8 Å². The largest absolute Gasteiger partial charge is 0.418 e. The van der Waals surface area contributed by atoms with Crippen molar-refractivity contribution in [1.29, 1.82) is 0 Å². The lowest BCUT2D eigenvalue weighted by Crippen LogP contribution is -2.56. The fourth-order valence-corrected chi connectivity index (χ4v) is 8.14. The van der Waals surface area contributed by atoms with E-state index in [2.05, 4.69) is 32.5 Å². The maximum atomic E-state index is 14.1. The number of rotatable bonds is 7. The highest BCUT2D eigenvalue weighted by molar-refractivity contribution is 6.33. The number of piperidine rings is 2. The van der Waals surface area contributed by atoms with Crippen LogP contribution in [0.25, 0.3) is 11.0 Å². The molecule has 3 amide bonds. The molecule has 0 radical (unpaired) electrons. The Morgan fingerprint density at radius 2 is 1.62 bits per heavy atom. The molecule has 1 atom stereocenters. The van der Waals surface area contributed by atoms with Crippen molar-refractivity contribution in [2.75, 3.05) is 71.8 Å². The predicted octanol–water partition coefficient (Wildman–Crippen LogP) is 4.63. The molecule has 11 nitrogen and oxygen atoms in total. The SMILES string of the molecule is CNc1c(Cl)cc(C[C@@H](NC(=O)N2CCC(n3c(=O)[nH]c4ccccc43)CC2)C(=O)N2CCC(N3CCCN(C)CC3)CC2)cc1C(F)(F)F. The number of aromatic nitrogens is 2. The number of hydrogen-bond donors (Lipinski definition) is 3. The summed E-state index contributed by atoms with van der Waals surface area (Å²) in [6.07, 6.45) is -1.10. The third-order valence-electron chi connectivity index (χ3n) is 10.5. The third-order valence-corrected chi connectivity index (χ3v) is 10.8. The second kappa shape index (κ2) is 15.2. The molecule has 2 aromatic carbocycles. The van der Waals surface area contributed by atoms with E-state index >= 15 is 0 Å². The molecule has 6 rings (SSSR count). The van der Waals surface area contributed by atoms with E-state index in [4.69, 9.17) is 11.6 Å². The maximum Gasteiger partial charge on any atom is 0.418 e. The molecule has 3 N–H and O–H groups in total. The molecule has 0 spiro atoms. The van der Waals surface area contributed by atoms with Crippen molar-refractivity contribution in [1.82, 2.24) is 34.5 Å². The predicted molar refractivity (Wildman–Crippen MR) is 188 cm³/mol. The van der Waals surface area contributed by atoms with Crippen LogP contribution < -0.4 is 16.3 Å².